The number of benzene rings is 1. The van der Waals surface area contributed by atoms with Crippen molar-refractivity contribution in [2.75, 3.05) is 0 Å². The molecule has 5 heteroatoms. The zero-order valence-electron chi connectivity index (χ0n) is 11.2. The molecule has 102 valence electrons. The van der Waals surface area contributed by atoms with Crippen molar-refractivity contribution in [1.29, 1.82) is 0 Å². The van der Waals surface area contributed by atoms with E-state index < -0.39 is 0 Å². The predicted molar refractivity (Wildman–Crippen MR) is 80.6 cm³/mol. The molecule has 1 unspecified atom stereocenters. The highest BCUT2D eigenvalue weighted by molar-refractivity contribution is 9.10. The van der Waals surface area contributed by atoms with E-state index in [-0.39, 0.29) is 6.04 Å². The molecule has 0 fully saturated rings. The van der Waals surface area contributed by atoms with Gasteiger partial charge in [-0.15, -0.1) is 0 Å². The number of hydrazine groups is 1. The van der Waals surface area contributed by atoms with Gasteiger partial charge >= 0.3 is 0 Å². The van der Waals surface area contributed by atoms with Crippen LogP contribution in [0.3, 0.4) is 0 Å². The summed E-state index contributed by atoms with van der Waals surface area (Å²) < 4.78 is 3.11. The number of aryl methyl sites for hydroxylation is 2. The van der Waals surface area contributed by atoms with Crippen molar-refractivity contribution < 1.29 is 0 Å². The Hall–Kier alpha value is -1.17. The Morgan fingerprint density at radius 2 is 2.21 bits per heavy atom. The van der Waals surface area contributed by atoms with Gasteiger partial charge in [-0.25, -0.2) is 5.43 Å². The Balaban J connectivity index is 2.38. The third kappa shape index (κ3) is 3.05. The van der Waals surface area contributed by atoms with Crippen molar-refractivity contribution in [3.05, 3.63) is 51.8 Å². The SMILES string of the molecule is CCCn1nccc1C(NN)c1ccc(Br)c(C)c1. The summed E-state index contributed by atoms with van der Waals surface area (Å²) >= 11 is 3.52. The lowest BCUT2D eigenvalue weighted by Crippen LogP contribution is -2.30. The van der Waals surface area contributed by atoms with Gasteiger partial charge in [0.2, 0.25) is 0 Å². The number of halogens is 1. The molecule has 0 bridgehead atoms. The van der Waals surface area contributed by atoms with Crippen LogP contribution in [0, 0.1) is 6.92 Å². The Kier molecular flexibility index (Phi) is 4.74. The second-order valence-corrected chi connectivity index (χ2v) is 5.44. The molecular formula is C14H19BrN4. The molecule has 0 aliphatic heterocycles. The number of nitrogens with zero attached hydrogens (tertiary/aromatic N) is 2. The average Bonchev–Trinajstić information content (AvgIpc) is 2.83. The van der Waals surface area contributed by atoms with E-state index in [0.717, 1.165) is 28.7 Å². The van der Waals surface area contributed by atoms with E-state index in [9.17, 15) is 0 Å². The largest absolute Gasteiger partial charge is 0.271 e. The van der Waals surface area contributed by atoms with E-state index in [1.165, 1.54) is 5.56 Å². The molecule has 1 heterocycles. The zero-order chi connectivity index (χ0) is 13.8. The number of hydrogen-bond donors (Lipinski definition) is 2. The maximum Gasteiger partial charge on any atom is 0.0878 e. The maximum absolute atomic E-state index is 5.75. The second-order valence-electron chi connectivity index (χ2n) is 4.59. The first-order valence-electron chi connectivity index (χ1n) is 6.41. The highest BCUT2D eigenvalue weighted by atomic mass is 79.9. The van der Waals surface area contributed by atoms with E-state index in [1.54, 1.807) is 0 Å². The van der Waals surface area contributed by atoms with Gasteiger partial charge in [-0.1, -0.05) is 35.0 Å². The molecule has 0 radical (unpaired) electrons. The van der Waals surface area contributed by atoms with Crippen LogP contribution in [0.1, 0.15) is 36.2 Å². The predicted octanol–water partition coefficient (Wildman–Crippen LogP) is 2.92. The van der Waals surface area contributed by atoms with Crippen molar-refractivity contribution in [2.45, 2.75) is 32.9 Å². The number of nitrogens with one attached hydrogen (secondary N) is 1. The monoisotopic (exact) mass is 322 g/mol. The molecule has 19 heavy (non-hydrogen) atoms. The standard InChI is InChI=1S/C14H19BrN4/c1-3-8-19-13(6-7-17-19)14(18-16)11-4-5-12(15)10(2)9-11/h4-7,9,14,18H,3,8,16H2,1-2H3. The van der Waals surface area contributed by atoms with E-state index in [2.05, 4.69) is 58.5 Å². The van der Waals surface area contributed by atoms with Gasteiger partial charge < -0.3 is 0 Å². The van der Waals surface area contributed by atoms with Gasteiger partial charge in [-0.05, 0) is 36.6 Å². The molecule has 0 amide bonds. The van der Waals surface area contributed by atoms with Crippen molar-refractivity contribution >= 4 is 15.9 Å². The highest BCUT2D eigenvalue weighted by Crippen LogP contribution is 2.25. The van der Waals surface area contributed by atoms with Crippen molar-refractivity contribution in [2.24, 2.45) is 5.84 Å². The van der Waals surface area contributed by atoms with Crippen LogP contribution in [0.15, 0.2) is 34.9 Å². The summed E-state index contributed by atoms with van der Waals surface area (Å²) in [7, 11) is 0. The summed E-state index contributed by atoms with van der Waals surface area (Å²) in [5.74, 6) is 5.75. The maximum atomic E-state index is 5.75. The van der Waals surface area contributed by atoms with Crippen LogP contribution < -0.4 is 11.3 Å². The first-order valence-corrected chi connectivity index (χ1v) is 7.20. The molecule has 0 saturated carbocycles. The van der Waals surface area contributed by atoms with Crippen LogP contribution in [0.5, 0.6) is 0 Å². The fourth-order valence-corrected chi connectivity index (χ4v) is 2.43. The topological polar surface area (TPSA) is 55.9 Å². The average molecular weight is 323 g/mol. The zero-order valence-corrected chi connectivity index (χ0v) is 12.8. The summed E-state index contributed by atoms with van der Waals surface area (Å²) in [6, 6.07) is 8.23. The van der Waals surface area contributed by atoms with Crippen LogP contribution in [0.25, 0.3) is 0 Å². The lowest BCUT2D eigenvalue weighted by Gasteiger charge is -2.19. The quantitative estimate of drug-likeness (QED) is 0.657. The van der Waals surface area contributed by atoms with E-state index >= 15 is 0 Å². The van der Waals surface area contributed by atoms with Crippen LogP contribution in [0.2, 0.25) is 0 Å². The van der Waals surface area contributed by atoms with E-state index in [1.807, 2.05) is 16.9 Å². The Labute approximate surface area is 122 Å². The van der Waals surface area contributed by atoms with Gasteiger partial charge in [0.1, 0.15) is 0 Å². The Morgan fingerprint density at radius 1 is 1.42 bits per heavy atom. The van der Waals surface area contributed by atoms with Crippen molar-refractivity contribution in [1.82, 2.24) is 15.2 Å². The molecule has 0 aliphatic carbocycles. The minimum atomic E-state index is -0.0409. The van der Waals surface area contributed by atoms with Crippen molar-refractivity contribution in [3.8, 4) is 0 Å². The molecular weight excluding hydrogens is 304 g/mol. The summed E-state index contributed by atoms with van der Waals surface area (Å²) in [6.45, 7) is 5.11. The van der Waals surface area contributed by atoms with Gasteiger partial charge in [0.15, 0.2) is 0 Å². The summed E-state index contributed by atoms with van der Waals surface area (Å²) in [5, 5.41) is 4.35. The van der Waals surface area contributed by atoms with Crippen LogP contribution in [0.4, 0.5) is 0 Å². The molecule has 3 N–H and O–H groups in total. The fraction of sp³-hybridized carbons (Fsp3) is 0.357. The number of rotatable bonds is 5. The lowest BCUT2D eigenvalue weighted by molar-refractivity contribution is 0.521. The summed E-state index contributed by atoms with van der Waals surface area (Å²) in [6.07, 6.45) is 2.87. The second kappa shape index (κ2) is 6.32. The van der Waals surface area contributed by atoms with Gasteiger partial charge in [0.05, 0.1) is 11.7 Å². The van der Waals surface area contributed by atoms with E-state index in [4.69, 9.17) is 5.84 Å². The molecule has 1 aromatic heterocycles. The molecule has 1 atom stereocenters. The first kappa shape index (κ1) is 14.2. The minimum absolute atomic E-state index is 0.0409. The van der Waals surface area contributed by atoms with Crippen LogP contribution >= 0.6 is 15.9 Å². The summed E-state index contributed by atoms with van der Waals surface area (Å²) in [4.78, 5) is 0. The smallest absolute Gasteiger partial charge is 0.0878 e. The minimum Gasteiger partial charge on any atom is -0.271 e. The lowest BCUT2D eigenvalue weighted by atomic mass is 10.0. The molecule has 2 rings (SSSR count). The van der Waals surface area contributed by atoms with E-state index in [0.29, 0.717) is 0 Å². The first-order chi connectivity index (χ1) is 9.17. The Bertz CT molecular complexity index is 550. The molecule has 1 aromatic carbocycles. The fourth-order valence-electron chi connectivity index (χ4n) is 2.19. The van der Waals surface area contributed by atoms with Crippen molar-refractivity contribution in [3.63, 3.8) is 0 Å². The third-order valence-electron chi connectivity index (χ3n) is 3.16. The van der Waals surface area contributed by atoms with Crippen LogP contribution in [-0.2, 0) is 6.54 Å². The Morgan fingerprint density at radius 3 is 2.84 bits per heavy atom. The molecule has 0 aliphatic rings. The van der Waals surface area contributed by atoms with Gasteiger partial charge in [-0.2, -0.15) is 5.10 Å². The van der Waals surface area contributed by atoms with Gasteiger partial charge in [0.25, 0.3) is 0 Å². The number of hydrogen-bond acceptors (Lipinski definition) is 3. The number of aromatic nitrogens is 2. The molecule has 4 nitrogen and oxygen atoms in total. The molecule has 0 spiro atoms. The summed E-state index contributed by atoms with van der Waals surface area (Å²) in [5.41, 5.74) is 6.31. The number of nitrogens with two attached hydrogens (primary N) is 1. The van der Waals surface area contributed by atoms with Gasteiger partial charge in [0, 0.05) is 17.2 Å². The van der Waals surface area contributed by atoms with Crippen LogP contribution in [-0.4, -0.2) is 9.78 Å². The highest BCUT2D eigenvalue weighted by Gasteiger charge is 2.17. The van der Waals surface area contributed by atoms with Gasteiger partial charge in [-0.3, -0.25) is 10.5 Å². The molecule has 2 aromatic rings. The third-order valence-corrected chi connectivity index (χ3v) is 4.05. The normalized spacial score (nSPS) is 12.6. The molecule has 0 saturated heterocycles.